The van der Waals surface area contributed by atoms with E-state index in [0.29, 0.717) is 0 Å². The molecule has 0 saturated carbocycles. The van der Waals surface area contributed by atoms with Crippen LogP contribution < -0.4 is 10.1 Å². The zero-order chi connectivity index (χ0) is 14.2. The summed E-state index contributed by atoms with van der Waals surface area (Å²) in [7, 11) is 0. The number of nitrogens with one attached hydrogen (secondary N) is 1. The summed E-state index contributed by atoms with van der Waals surface area (Å²) in [6.45, 7) is 9.71. The lowest BCUT2D eigenvalue weighted by Gasteiger charge is -2.30. The van der Waals surface area contributed by atoms with Gasteiger partial charge in [0, 0.05) is 35.1 Å². The molecule has 0 amide bonds. The Morgan fingerprint density at radius 1 is 1.40 bits per heavy atom. The van der Waals surface area contributed by atoms with Gasteiger partial charge in [-0.05, 0) is 51.1 Å². The van der Waals surface area contributed by atoms with Crippen molar-refractivity contribution < 1.29 is 4.74 Å². The summed E-state index contributed by atoms with van der Waals surface area (Å²) in [4.78, 5) is 2.55. The summed E-state index contributed by atoms with van der Waals surface area (Å²) in [6, 6.07) is 4.41. The molecule has 1 saturated heterocycles. The maximum Gasteiger partial charge on any atom is 0.127 e. The summed E-state index contributed by atoms with van der Waals surface area (Å²) in [5, 5.41) is 3.62. The van der Waals surface area contributed by atoms with E-state index < -0.39 is 0 Å². The highest BCUT2D eigenvalue weighted by Crippen LogP contribution is 2.34. The van der Waals surface area contributed by atoms with Crippen LogP contribution in [0.1, 0.15) is 31.4 Å². The fraction of sp³-hybridized carbons (Fsp3) is 0.625. The highest BCUT2D eigenvalue weighted by atomic mass is 79.9. The molecule has 3 rings (SSSR count). The second kappa shape index (κ2) is 5.66. The van der Waals surface area contributed by atoms with Crippen molar-refractivity contribution in [3.05, 3.63) is 27.7 Å². The summed E-state index contributed by atoms with van der Waals surface area (Å²) < 4.78 is 7.02. The third-order valence-corrected chi connectivity index (χ3v) is 4.55. The van der Waals surface area contributed by atoms with Crippen molar-refractivity contribution in [2.45, 2.75) is 38.8 Å². The third-order valence-electron chi connectivity index (χ3n) is 4.09. The molecule has 0 spiro atoms. The van der Waals surface area contributed by atoms with E-state index in [0.717, 1.165) is 45.0 Å². The van der Waals surface area contributed by atoms with Gasteiger partial charge in [0.1, 0.15) is 5.75 Å². The molecule has 2 aliphatic rings. The molecule has 0 radical (unpaired) electrons. The van der Waals surface area contributed by atoms with Crippen molar-refractivity contribution in [1.29, 1.82) is 0 Å². The number of nitrogens with zero attached hydrogens (tertiary/aromatic N) is 1. The first-order valence-corrected chi connectivity index (χ1v) is 8.24. The molecule has 0 aliphatic carbocycles. The van der Waals surface area contributed by atoms with E-state index >= 15 is 0 Å². The van der Waals surface area contributed by atoms with E-state index in [2.05, 4.69) is 52.1 Å². The van der Waals surface area contributed by atoms with Gasteiger partial charge < -0.3 is 10.1 Å². The van der Waals surface area contributed by atoms with Gasteiger partial charge in [0.2, 0.25) is 0 Å². The van der Waals surface area contributed by atoms with E-state index in [4.69, 9.17) is 4.74 Å². The van der Waals surface area contributed by atoms with Crippen molar-refractivity contribution in [2.24, 2.45) is 0 Å². The van der Waals surface area contributed by atoms with Crippen LogP contribution in [0.2, 0.25) is 0 Å². The maximum absolute atomic E-state index is 5.85. The van der Waals surface area contributed by atoms with E-state index in [1.165, 1.54) is 22.0 Å². The molecule has 1 N–H and O–H groups in total. The minimum Gasteiger partial charge on any atom is -0.493 e. The number of hydrogen-bond acceptors (Lipinski definition) is 3. The normalized spacial score (nSPS) is 22.1. The Kier molecular flexibility index (Phi) is 4.07. The van der Waals surface area contributed by atoms with Crippen LogP contribution in [-0.4, -0.2) is 36.7 Å². The SMILES string of the molecule is CC1(C)CN(Cc2cc(Br)cc3c2OCC3)CCCN1. The number of hydrogen-bond donors (Lipinski definition) is 1. The van der Waals surface area contributed by atoms with Gasteiger partial charge in [-0.25, -0.2) is 0 Å². The van der Waals surface area contributed by atoms with Crippen molar-refractivity contribution in [3.8, 4) is 5.75 Å². The van der Waals surface area contributed by atoms with Gasteiger partial charge in [0.25, 0.3) is 0 Å². The Balaban J connectivity index is 1.80. The lowest BCUT2D eigenvalue weighted by molar-refractivity contribution is 0.220. The number of benzene rings is 1. The summed E-state index contributed by atoms with van der Waals surface area (Å²) in [6.07, 6.45) is 2.25. The molecule has 0 unspecified atom stereocenters. The molecule has 2 aliphatic heterocycles. The van der Waals surface area contributed by atoms with Crippen LogP contribution in [0.5, 0.6) is 5.75 Å². The van der Waals surface area contributed by atoms with E-state index in [9.17, 15) is 0 Å². The molecule has 1 fully saturated rings. The van der Waals surface area contributed by atoms with Gasteiger partial charge in [-0.15, -0.1) is 0 Å². The van der Waals surface area contributed by atoms with Crippen molar-refractivity contribution in [2.75, 3.05) is 26.2 Å². The molecular formula is C16H23BrN2O. The van der Waals surface area contributed by atoms with Crippen LogP contribution >= 0.6 is 15.9 Å². The number of fused-ring (bicyclic) bond motifs is 1. The Labute approximate surface area is 129 Å². The molecule has 0 aromatic heterocycles. The van der Waals surface area contributed by atoms with Crippen LogP contribution in [0.15, 0.2) is 16.6 Å². The Bertz CT molecular complexity index is 501. The van der Waals surface area contributed by atoms with E-state index in [1.807, 2.05) is 0 Å². The average molecular weight is 339 g/mol. The number of ether oxygens (including phenoxy) is 1. The maximum atomic E-state index is 5.85. The highest BCUT2D eigenvalue weighted by molar-refractivity contribution is 9.10. The second-order valence-electron chi connectivity index (χ2n) is 6.53. The summed E-state index contributed by atoms with van der Waals surface area (Å²) in [5.74, 6) is 1.13. The predicted molar refractivity (Wildman–Crippen MR) is 85.3 cm³/mol. The molecule has 20 heavy (non-hydrogen) atoms. The predicted octanol–water partition coefficient (Wildman–Crippen LogP) is 2.96. The van der Waals surface area contributed by atoms with Crippen LogP contribution in [0.4, 0.5) is 0 Å². The smallest absolute Gasteiger partial charge is 0.127 e. The van der Waals surface area contributed by atoms with Gasteiger partial charge in [0.05, 0.1) is 6.61 Å². The molecule has 1 aromatic rings. The van der Waals surface area contributed by atoms with E-state index in [-0.39, 0.29) is 5.54 Å². The lowest BCUT2D eigenvalue weighted by Crippen LogP contribution is -2.46. The first-order chi connectivity index (χ1) is 9.53. The monoisotopic (exact) mass is 338 g/mol. The molecule has 110 valence electrons. The minimum absolute atomic E-state index is 0.187. The fourth-order valence-corrected chi connectivity index (χ4v) is 3.82. The zero-order valence-corrected chi connectivity index (χ0v) is 13.9. The van der Waals surface area contributed by atoms with Gasteiger partial charge in [0.15, 0.2) is 0 Å². The van der Waals surface area contributed by atoms with Gasteiger partial charge in [-0.3, -0.25) is 4.90 Å². The number of rotatable bonds is 2. The van der Waals surface area contributed by atoms with Crippen LogP contribution in [0.25, 0.3) is 0 Å². The first kappa shape index (κ1) is 14.4. The molecule has 3 nitrogen and oxygen atoms in total. The summed E-state index contributed by atoms with van der Waals surface area (Å²) in [5.41, 5.74) is 2.86. The minimum atomic E-state index is 0.187. The van der Waals surface area contributed by atoms with Crippen molar-refractivity contribution >= 4 is 15.9 Å². The van der Waals surface area contributed by atoms with Crippen molar-refractivity contribution in [3.63, 3.8) is 0 Å². The Hall–Kier alpha value is -0.580. The quantitative estimate of drug-likeness (QED) is 0.897. The molecule has 4 heteroatoms. The second-order valence-corrected chi connectivity index (χ2v) is 7.44. The lowest BCUT2D eigenvalue weighted by atomic mass is 10.0. The van der Waals surface area contributed by atoms with Crippen molar-refractivity contribution in [1.82, 2.24) is 10.2 Å². The first-order valence-electron chi connectivity index (χ1n) is 7.45. The van der Waals surface area contributed by atoms with Gasteiger partial charge in [-0.2, -0.15) is 0 Å². The number of halogens is 1. The zero-order valence-electron chi connectivity index (χ0n) is 12.3. The van der Waals surface area contributed by atoms with Gasteiger partial charge >= 0.3 is 0 Å². The Morgan fingerprint density at radius 3 is 3.10 bits per heavy atom. The molecule has 1 aromatic carbocycles. The van der Waals surface area contributed by atoms with Crippen LogP contribution in [-0.2, 0) is 13.0 Å². The largest absolute Gasteiger partial charge is 0.493 e. The molecule has 0 bridgehead atoms. The molecule has 2 heterocycles. The average Bonchev–Trinajstić information content (AvgIpc) is 2.75. The van der Waals surface area contributed by atoms with Crippen LogP contribution in [0, 0.1) is 0 Å². The standard InChI is InChI=1S/C16H23BrN2O/c1-16(2)11-19(6-3-5-18-16)10-13-9-14(17)8-12-4-7-20-15(12)13/h8-9,18H,3-7,10-11H2,1-2H3. The van der Waals surface area contributed by atoms with Gasteiger partial charge in [-0.1, -0.05) is 15.9 Å². The summed E-state index contributed by atoms with van der Waals surface area (Å²) >= 11 is 3.63. The molecule has 0 atom stereocenters. The van der Waals surface area contributed by atoms with E-state index in [1.54, 1.807) is 0 Å². The Morgan fingerprint density at radius 2 is 2.25 bits per heavy atom. The third kappa shape index (κ3) is 3.18. The highest BCUT2D eigenvalue weighted by Gasteiger charge is 2.25. The van der Waals surface area contributed by atoms with Crippen LogP contribution in [0.3, 0.4) is 0 Å². The topological polar surface area (TPSA) is 24.5 Å². The molecular weight excluding hydrogens is 316 g/mol. The fourth-order valence-electron chi connectivity index (χ4n) is 3.26.